The Morgan fingerprint density at radius 1 is 1.20 bits per heavy atom. The molecular weight excluding hydrogens is 210 g/mol. The summed E-state index contributed by atoms with van der Waals surface area (Å²) in [4.78, 5) is 0. The lowest BCUT2D eigenvalue weighted by molar-refractivity contribution is 0.530. The Labute approximate surface area is 93.5 Å². The van der Waals surface area contributed by atoms with Crippen molar-refractivity contribution in [3.63, 3.8) is 0 Å². The van der Waals surface area contributed by atoms with Crippen LogP contribution in [0.1, 0.15) is 33.6 Å². The molecule has 0 aromatic rings. The van der Waals surface area contributed by atoms with E-state index in [1.807, 2.05) is 20.8 Å². The minimum Gasteiger partial charge on any atom is -0.208 e. The average Bonchev–Trinajstić information content (AvgIpc) is 2.01. The zero-order valence-electron chi connectivity index (χ0n) is 10.2. The Morgan fingerprint density at radius 2 is 1.73 bits per heavy atom. The first-order valence-electron chi connectivity index (χ1n) is 4.99. The van der Waals surface area contributed by atoms with E-state index in [0.29, 0.717) is 0 Å². The largest absolute Gasteiger partial charge is 0.235 e. The lowest BCUT2D eigenvalue weighted by Gasteiger charge is -2.08. The third-order valence-corrected chi connectivity index (χ3v) is 3.67. The summed E-state index contributed by atoms with van der Waals surface area (Å²) in [6.07, 6.45) is 3.80. The van der Waals surface area contributed by atoms with Crippen molar-refractivity contribution in [2.24, 2.45) is 0 Å². The summed E-state index contributed by atoms with van der Waals surface area (Å²) >= 11 is 0. The maximum absolute atomic E-state index is 11.5. The first-order chi connectivity index (χ1) is 6.75. The van der Waals surface area contributed by atoms with E-state index in [9.17, 15) is 8.42 Å². The van der Waals surface area contributed by atoms with Crippen molar-refractivity contribution < 1.29 is 8.42 Å². The maximum atomic E-state index is 11.5. The molecule has 0 aliphatic heterocycles. The summed E-state index contributed by atoms with van der Waals surface area (Å²) < 4.78 is 24.2. The van der Waals surface area contributed by atoms with E-state index >= 15 is 0 Å². The molecule has 0 fully saturated rings. The number of sulfonamides is 1. The van der Waals surface area contributed by atoms with Gasteiger partial charge in [0.15, 0.2) is 0 Å². The van der Waals surface area contributed by atoms with Crippen LogP contribution in [0, 0.1) is 0 Å². The monoisotopic (exact) mass is 231 g/mol. The summed E-state index contributed by atoms with van der Waals surface area (Å²) in [5.74, 6) is 0. The standard InChI is InChI=1S/C11H21NO2S/c1-10(2)7-6-8-11(3)9-15(13,14)12(4)5/h7,9H,6,8H2,1-5H3. The van der Waals surface area contributed by atoms with Gasteiger partial charge in [0.05, 0.1) is 0 Å². The smallest absolute Gasteiger partial charge is 0.208 e. The summed E-state index contributed by atoms with van der Waals surface area (Å²) in [6, 6.07) is 0. The molecule has 0 saturated carbocycles. The van der Waals surface area contributed by atoms with Crippen LogP contribution in [0.15, 0.2) is 22.6 Å². The second-order valence-corrected chi connectivity index (χ2v) is 6.11. The number of hydrogen-bond donors (Lipinski definition) is 0. The topological polar surface area (TPSA) is 37.4 Å². The molecule has 0 bridgehead atoms. The van der Waals surface area contributed by atoms with Gasteiger partial charge in [-0.3, -0.25) is 0 Å². The lowest BCUT2D eigenvalue weighted by atomic mass is 10.1. The Kier molecular flexibility index (Phi) is 5.83. The Bertz CT molecular complexity index is 347. The van der Waals surface area contributed by atoms with Gasteiger partial charge >= 0.3 is 0 Å². The van der Waals surface area contributed by atoms with Gasteiger partial charge in [0, 0.05) is 19.5 Å². The van der Waals surface area contributed by atoms with E-state index in [1.165, 1.54) is 29.4 Å². The number of rotatable bonds is 5. The second kappa shape index (κ2) is 6.08. The van der Waals surface area contributed by atoms with E-state index in [1.54, 1.807) is 0 Å². The highest BCUT2D eigenvalue weighted by Crippen LogP contribution is 2.09. The van der Waals surface area contributed by atoms with Gasteiger partial charge in [0.1, 0.15) is 0 Å². The summed E-state index contributed by atoms with van der Waals surface area (Å²) in [6.45, 7) is 5.92. The molecule has 0 aliphatic carbocycles. The molecular formula is C11H21NO2S. The first kappa shape index (κ1) is 14.4. The quantitative estimate of drug-likeness (QED) is 0.682. The van der Waals surface area contributed by atoms with Gasteiger partial charge in [-0.05, 0) is 33.6 Å². The SMILES string of the molecule is CC(C)=CCCC(C)=CS(=O)(=O)N(C)C. The molecule has 0 aliphatic rings. The minimum atomic E-state index is -3.20. The Hall–Kier alpha value is -0.610. The molecule has 0 radical (unpaired) electrons. The van der Waals surface area contributed by atoms with E-state index in [-0.39, 0.29) is 0 Å². The second-order valence-electron chi connectivity index (χ2n) is 4.11. The van der Waals surface area contributed by atoms with Gasteiger partial charge < -0.3 is 0 Å². The molecule has 0 atom stereocenters. The van der Waals surface area contributed by atoms with E-state index < -0.39 is 10.0 Å². The van der Waals surface area contributed by atoms with Crippen molar-refractivity contribution in [2.45, 2.75) is 33.6 Å². The van der Waals surface area contributed by atoms with Crippen LogP contribution in [0.3, 0.4) is 0 Å². The molecule has 0 heterocycles. The molecule has 0 aromatic carbocycles. The number of allylic oxidation sites excluding steroid dienone is 3. The zero-order chi connectivity index (χ0) is 12.1. The lowest BCUT2D eigenvalue weighted by Crippen LogP contribution is -2.19. The van der Waals surface area contributed by atoms with Crippen LogP contribution in [0.25, 0.3) is 0 Å². The predicted molar refractivity (Wildman–Crippen MR) is 65.0 cm³/mol. The molecule has 0 amide bonds. The van der Waals surface area contributed by atoms with Crippen LogP contribution in [-0.2, 0) is 10.0 Å². The Balaban J connectivity index is 4.40. The molecule has 0 spiro atoms. The maximum Gasteiger partial charge on any atom is 0.235 e. The van der Waals surface area contributed by atoms with Gasteiger partial charge in [0.25, 0.3) is 0 Å². The van der Waals surface area contributed by atoms with Gasteiger partial charge in [-0.2, -0.15) is 0 Å². The van der Waals surface area contributed by atoms with Crippen molar-refractivity contribution in [1.82, 2.24) is 4.31 Å². The van der Waals surface area contributed by atoms with Crippen molar-refractivity contribution in [3.05, 3.63) is 22.6 Å². The summed E-state index contributed by atoms with van der Waals surface area (Å²) in [7, 11) is -0.124. The van der Waals surface area contributed by atoms with Gasteiger partial charge in [0.2, 0.25) is 10.0 Å². The molecule has 88 valence electrons. The molecule has 0 saturated heterocycles. The highest BCUT2D eigenvalue weighted by atomic mass is 32.2. The predicted octanol–water partition coefficient (Wildman–Crippen LogP) is 2.53. The molecule has 15 heavy (non-hydrogen) atoms. The molecule has 3 nitrogen and oxygen atoms in total. The van der Waals surface area contributed by atoms with E-state index in [0.717, 1.165) is 18.4 Å². The highest BCUT2D eigenvalue weighted by Gasteiger charge is 2.09. The van der Waals surface area contributed by atoms with Gasteiger partial charge in [-0.1, -0.05) is 17.2 Å². The Morgan fingerprint density at radius 3 is 2.13 bits per heavy atom. The van der Waals surface area contributed by atoms with Gasteiger partial charge in [-0.15, -0.1) is 0 Å². The van der Waals surface area contributed by atoms with Crippen LogP contribution in [0.4, 0.5) is 0 Å². The average molecular weight is 231 g/mol. The van der Waals surface area contributed by atoms with Crippen molar-refractivity contribution >= 4 is 10.0 Å². The van der Waals surface area contributed by atoms with E-state index in [2.05, 4.69) is 6.08 Å². The van der Waals surface area contributed by atoms with Gasteiger partial charge in [-0.25, -0.2) is 12.7 Å². The molecule has 0 rings (SSSR count). The molecule has 0 aromatic heterocycles. The number of nitrogens with zero attached hydrogens (tertiary/aromatic N) is 1. The fourth-order valence-corrected chi connectivity index (χ4v) is 1.84. The van der Waals surface area contributed by atoms with Crippen LogP contribution in [-0.4, -0.2) is 26.8 Å². The van der Waals surface area contributed by atoms with Crippen LogP contribution < -0.4 is 0 Å². The fourth-order valence-electron chi connectivity index (χ4n) is 1.01. The van der Waals surface area contributed by atoms with Crippen molar-refractivity contribution in [3.8, 4) is 0 Å². The number of hydrogen-bond acceptors (Lipinski definition) is 2. The fraction of sp³-hybridized carbons (Fsp3) is 0.636. The van der Waals surface area contributed by atoms with Crippen molar-refractivity contribution in [1.29, 1.82) is 0 Å². The van der Waals surface area contributed by atoms with Crippen LogP contribution in [0.2, 0.25) is 0 Å². The molecule has 0 N–H and O–H groups in total. The first-order valence-corrected chi connectivity index (χ1v) is 6.49. The van der Waals surface area contributed by atoms with Crippen LogP contribution >= 0.6 is 0 Å². The van der Waals surface area contributed by atoms with Crippen LogP contribution in [0.5, 0.6) is 0 Å². The third-order valence-electron chi connectivity index (χ3n) is 1.95. The zero-order valence-corrected chi connectivity index (χ0v) is 11.1. The minimum absolute atomic E-state index is 0.790. The normalized spacial score (nSPS) is 13.1. The van der Waals surface area contributed by atoms with E-state index in [4.69, 9.17) is 0 Å². The van der Waals surface area contributed by atoms with Crippen molar-refractivity contribution in [2.75, 3.05) is 14.1 Å². The summed E-state index contributed by atoms with van der Waals surface area (Å²) in [5, 5.41) is 1.34. The molecule has 0 unspecified atom stereocenters. The molecule has 4 heteroatoms. The summed E-state index contributed by atoms with van der Waals surface area (Å²) in [5.41, 5.74) is 2.15. The third kappa shape index (κ3) is 6.47. The highest BCUT2D eigenvalue weighted by molar-refractivity contribution is 7.92.